The molecule has 0 spiro atoms. The van der Waals surface area contributed by atoms with Crippen LogP contribution in [0.4, 0.5) is 0 Å². The highest BCUT2D eigenvalue weighted by atomic mass is 16.5. The first-order valence-electron chi connectivity index (χ1n) is 5.86. The van der Waals surface area contributed by atoms with E-state index < -0.39 is 0 Å². The lowest BCUT2D eigenvalue weighted by molar-refractivity contribution is 0.112. The van der Waals surface area contributed by atoms with Crippen LogP contribution in [0.25, 0.3) is 0 Å². The Morgan fingerprint density at radius 3 is 2.75 bits per heavy atom. The zero-order valence-corrected chi connectivity index (χ0v) is 10.3. The van der Waals surface area contributed by atoms with Crippen molar-refractivity contribution in [3.05, 3.63) is 29.3 Å². The molecule has 0 aromatic heterocycles. The van der Waals surface area contributed by atoms with Crippen LogP contribution >= 0.6 is 0 Å². The highest BCUT2D eigenvalue weighted by Gasteiger charge is 2.03. The molecule has 16 heavy (non-hydrogen) atoms. The van der Waals surface area contributed by atoms with Gasteiger partial charge in [0.2, 0.25) is 0 Å². The zero-order valence-electron chi connectivity index (χ0n) is 10.3. The van der Waals surface area contributed by atoms with E-state index in [4.69, 9.17) is 4.74 Å². The predicted octanol–water partition coefficient (Wildman–Crippen LogP) is 3.62. The summed E-state index contributed by atoms with van der Waals surface area (Å²) in [5, 5.41) is 0. The van der Waals surface area contributed by atoms with Gasteiger partial charge in [-0.15, -0.1) is 0 Å². The smallest absolute Gasteiger partial charge is 0.150 e. The SMILES string of the molecule is CCCC(C)COc1ccc(C=O)c(C)c1. The molecular formula is C14H20O2. The topological polar surface area (TPSA) is 26.3 Å². The number of carbonyl (C=O) groups is 1. The Kier molecular flexibility index (Phi) is 5.03. The van der Waals surface area contributed by atoms with Gasteiger partial charge in [-0.2, -0.15) is 0 Å². The summed E-state index contributed by atoms with van der Waals surface area (Å²) >= 11 is 0. The molecule has 0 aliphatic rings. The Labute approximate surface area is 97.6 Å². The first-order chi connectivity index (χ1) is 7.67. The molecule has 0 N–H and O–H groups in total. The summed E-state index contributed by atoms with van der Waals surface area (Å²) in [6.45, 7) is 7.04. The Bertz CT molecular complexity index is 345. The van der Waals surface area contributed by atoms with E-state index >= 15 is 0 Å². The summed E-state index contributed by atoms with van der Waals surface area (Å²) in [7, 11) is 0. The summed E-state index contributed by atoms with van der Waals surface area (Å²) in [6, 6.07) is 5.58. The number of aryl methyl sites for hydroxylation is 1. The van der Waals surface area contributed by atoms with Crippen LogP contribution in [0.5, 0.6) is 5.75 Å². The molecule has 0 saturated heterocycles. The molecule has 0 saturated carbocycles. The fraction of sp³-hybridized carbons (Fsp3) is 0.500. The maximum atomic E-state index is 10.6. The molecule has 0 bridgehead atoms. The number of hydrogen-bond acceptors (Lipinski definition) is 2. The molecule has 88 valence electrons. The summed E-state index contributed by atoms with van der Waals surface area (Å²) in [6.07, 6.45) is 3.25. The lowest BCUT2D eigenvalue weighted by Crippen LogP contribution is -2.08. The van der Waals surface area contributed by atoms with Crippen LogP contribution in [-0.4, -0.2) is 12.9 Å². The second-order valence-electron chi connectivity index (χ2n) is 4.34. The number of benzene rings is 1. The first-order valence-corrected chi connectivity index (χ1v) is 5.86. The average Bonchev–Trinajstić information content (AvgIpc) is 2.27. The van der Waals surface area contributed by atoms with Crippen molar-refractivity contribution in [3.8, 4) is 5.75 Å². The van der Waals surface area contributed by atoms with Gasteiger partial charge in [0.05, 0.1) is 6.61 Å². The average molecular weight is 220 g/mol. The largest absolute Gasteiger partial charge is 0.493 e. The van der Waals surface area contributed by atoms with Gasteiger partial charge in [-0.1, -0.05) is 20.3 Å². The molecule has 0 aliphatic carbocycles. The monoisotopic (exact) mass is 220 g/mol. The highest BCUT2D eigenvalue weighted by molar-refractivity contribution is 5.77. The third kappa shape index (κ3) is 3.69. The van der Waals surface area contributed by atoms with E-state index in [9.17, 15) is 4.79 Å². The van der Waals surface area contributed by atoms with Crippen molar-refractivity contribution >= 4 is 6.29 Å². The molecule has 0 amide bonds. The Morgan fingerprint density at radius 1 is 1.44 bits per heavy atom. The Hall–Kier alpha value is -1.31. The zero-order chi connectivity index (χ0) is 12.0. The molecule has 0 aliphatic heterocycles. The van der Waals surface area contributed by atoms with Crippen molar-refractivity contribution in [1.82, 2.24) is 0 Å². The van der Waals surface area contributed by atoms with Crippen LogP contribution in [0.1, 0.15) is 42.6 Å². The van der Waals surface area contributed by atoms with Gasteiger partial charge in [-0.25, -0.2) is 0 Å². The molecule has 1 atom stereocenters. The molecule has 0 radical (unpaired) electrons. The number of ether oxygens (including phenoxy) is 1. The molecule has 1 unspecified atom stereocenters. The lowest BCUT2D eigenvalue weighted by atomic mass is 10.1. The minimum absolute atomic E-state index is 0.580. The Balaban J connectivity index is 2.55. The van der Waals surface area contributed by atoms with Gasteiger partial charge in [0.1, 0.15) is 12.0 Å². The van der Waals surface area contributed by atoms with E-state index in [1.165, 1.54) is 12.8 Å². The minimum Gasteiger partial charge on any atom is -0.493 e. The van der Waals surface area contributed by atoms with E-state index in [0.717, 1.165) is 29.8 Å². The molecule has 2 heteroatoms. The number of hydrogen-bond donors (Lipinski definition) is 0. The van der Waals surface area contributed by atoms with E-state index in [1.807, 2.05) is 25.1 Å². The van der Waals surface area contributed by atoms with Crippen LogP contribution < -0.4 is 4.74 Å². The predicted molar refractivity (Wildman–Crippen MR) is 66.1 cm³/mol. The molecule has 1 aromatic carbocycles. The number of carbonyl (C=O) groups excluding carboxylic acids is 1. The molecular weight excluding hydrogens is 200 g/mol. The van der Waals surface area contributed by atoms with Crippen molar-refractivity contribution in [2.24, 2.45) is 5.92 Å². The lowest BCUT2D eigenvalue weighted by Gasteiger charge is -2.12. The molecule has 1 rings (SSSR count). The maximum Gasteiger partial charge on any atom is 0.150 e. The van der Waals surface area contributed by atoms with Crippen LogP contribution in [0.3, 0.4) is 0 Å². The summed E-state index contributed by atoms with van der Waals surface area (Å²) in [5.74, 6) is 1.43. The summed E-state index contributed by atoms with van der Waals surface area (Å²) in [5.41, 5.74) is 1.70. The number of aldehydes is 1. The summed E-state index contributed by atoms with van der Waals surface area (Å²) in [4.78, 5) is 10.6. The number of rotatable bonds is 6. The third-order valence-corrected chi connectivity index (χ3v) is 2.68. The quantitative estimate of drug-likeness (QED) is 0.684. The van der Waals surface area contributed by atoms with Gasteiger partial charge in [0.25, 0.3) is 0 Å². The van der Waals surface area contributed by atoms with Gasteiger partial charge < -0.3 is 4.74 Å². The van der Waals surface area contributed by atoms with E-state index in [-0.39, 0.29) is 0 Å². The maximum absolute atomic E-state index is 10.6. The van der Waals surface area contributed by atoms with E-state index in [2.05, 4.69) is 13.8 Å². The van der Waals surface area contributed by atoms with E-state index in [1.54, 1.807) is 0 Å². The fourth-order valence-electron chi connectivity index (χ4n) is 1.68. The van der Waals surface area contributed by atoms with Crippen molar-refractivity contribution < 1.29 is 9.53 Å². The van der Waals surface area contributed by atoms with Gasteiger partial charge in [-0.3, -0.25) is 4.79 Å². The van der Waals surface area contributed by atoms with Gasteiger partial charge in [0.15, 0.2) is 0 Å². The highest BCUT2D eigenvalue weighted by Crippen LogP contribution is 2.17. The second kappa shape index (κ2) is 6.31. The standard InChI is InChI=1S/C14H20O2/c1-4-5-11(2)10-16-14-7-6-13(9-15)12(3)8-14/h6-9,11H,4-5,10H2,1-3H3. The minimum atomic E-state index is 0.580. The fourth-order valence-corrected chi connectivity index (χ4v) is 1.68. The van der Waals surface area contributed by atoms with Crippen molar-refractivity contribution in [2.45, 2.75) is 33.6 Å². The van der Waals surface area contributed by atoms with Gasteiger partial charge >= 0.3 is 0 Å². The first kappa shape index (κ1) is 12.8. The molecule has 1 aromatic rings. The Morgan fingerprint density at radius 2 is 2.19 bits per heavy atom. The van der Waals surface area contributed by atoms with Crippen molar-refractivity contribution in [2.75, 3.05) is 6.61 Å². The van der Waals surface area contributed by atoms with E-state index in [0.29, 0.717) is 5.92 Å². The third-order valence-electron chi connectivity index (χ3n) is 2.68. The normalized spacial score (nSPS) is 12.2. The summed E-state index contributed by atoms with van der Waals surface area (Å²) < 4.78 is 5.68. The molecule has 0 heterocycles. The van der Waals surface area contributed by atoms with Gasteiger partial charge in [0, 0.05) is 5.56 Å². The second-order valence-corrected chi connectivity index (χ2v) is 4.34. The van der Waals surface area contributed by atoms with Gasteiger partial charge in [-0.05, 0) is 43.0 Å². The van der Waals surface area contributed by atoms with Crippen LogP contribution in [-0.2, 0) is 0 Å². The van der Waals surface area contributed by atoms with Crippen LogP contribution in [0.2, 0.25) is 0 Å². The van der Waals surface area contributed by atoms with Crippen LogP contribution in [0.15, 0.2) is 18.2 Å². The van der Waals surface area contributed by atoms with Crippen LogP contribution in [0, 0.1) is 12.8 Å². The van der Waals surface area contributed by atoms with Crippen molar-refractivity contribution in [3.63, 3.8) is 0 Å². The molecule has 2 nitrogen and oxygen atoms in total. The van der Waals surface area contributed by atoms with Crippen molar-refractivity contribution in [1.29, 1.82) is 0 Å². The molecule has 0 fully saturated rings.